The Hall–Kier alpha value is -2.09. The third kappa shape index (κ3) is 4.19. The summed E-state index contributed by atoms with van der Waals surface area (Å²) in [6, 6.07) is 5.92. The van der Waals surface area contributed by atoms with Crippen molar-refractivity contribution in [2.45, 2.75) is 51.2 Å². The van der Waals surface area contributed by atoms with Crippen LogP contribution < -0.4 is 10.1 Å². The standard InChI is InChI=1S/C16H19FN2O2/c1-11(16(20)19-13-5-3-2-4-6-13)21-14-8-7-12(10-18)15(17)9-14/h7-9,11,13H,2-6H2,1H3,(H,19,20). The summed E-state index contributed by atoms with van der Waals surface area (Å²) in [6.45, 7) is 1.63. The Morgan fingerprint density at radius 2 is 2.14 bits per heavy atom. The minimum Gasteiger partial charge on any atom is -0.481 e. The molecule has 21 heavy (non-hydrogen) atoms. The van der Waals surface area contributed by atoms with Crippen LogP contribution in [0.4, 0.5) is 4.39 Å². The van der Waals surface area contributed by atoms with E-state index in [4.69, 9.17) is 10.00 Å². The molecule has 0 heterocycles. The highest BCUT2D eigenvalue weighted by molar-refractivity contribution is 5.81. The Morgan fingerprint density at radius 1 is 1.43 bits per heavy atom. The van der Waals surface area contributed by atoms with Crippen LogP contribution in [0.25, 0.3) is 0 Å². The molecule has 1 atom stereocenters. The van der Waals surface area contributed by atoms with Crippen LogP contribution in [-0.2, 0) is 4.79 Å². The van der Waals surface area contributed by atoms with Crippen molar-refractivity contribution in [3.8, 4) is 11.8 Å². The third-order valence-electron chi connectivity index (χ3n) is 3.69. The van der Waals surface area contributed by atoms with Gasteiger partial charge in [0.1, 0.15) is 17.6 Å². The maximum Gasteiger partial charge on any atom is 0.260 e. The molecule has 1 unspecified atom stereocenters. The Balaban J connectivity index is 1.91. The highest BCUT2D eigenvalue weighted by atomic mass is 19.1. The van der Waals surface area contributed by atoms with E-state index in [0.717, 1.165) is 31.7 Å². The van der Waals surface area contributed by atoms with E-state index in [-0.39, 0.29) is 23.3 Å². The third-order valence-corrected chi connectivity index (χ3v) is 3.69. The van der Waals surface area contributed by atoms with Crippen molar-refractivity contribution in [2.24, 2.45) is 0 Å². The van der Waals surface area contributed by atoms with Gasteiger partial charge in [0.2, 0.25) is 0 Å². The van der Waals surface area contributed by atoms with Crippen LogP contribution in [0.3, 0.4) is 0 Å². The first-order chi connectivity index (χ1) is 10.1. The Labute approximate surface area is 123 Å². The highest BCUT2D eigenvalue weighted by Gasteiger charge is 2.20. The summed E-state index contributed by atoms with van der Waals surface area (Å²) in [4.78, 5) is 12.0. The number of nitrogens with one attached hydrogen (secondary N) is 1. The largest absolute Gasteiger partial charge is 0.481 e. The lowest BCUT2D eigenvalue weighted by Crippen LogP contribution is -2.43. The van der Waals surface area contributed by atoms with Gasteiger partial charge in [-0.15, -0.1) is 0 Å². The van der Waals surface area contributed by atoms with Crippen molar-refractivity contribution in [2.75, 3.05) is 0 Å². The van der Waals surface area contributed by atoms with Crippen molar-refractivity contribution in [3.63, 3.8) is 0 Å². The molecule has 0 saturated heterocycles. The molecule has 1 aromatic rings. The van der Waals surface area contributed by atoms with Gasteiger partial charge in [-0.2, -0.15) is 5.26 Å². The molecular weight excluding hydrogens is 271 g/mol. The van der Waals surface area contributed by atoms with E-state index < -0.39 is 11.9 Å². The molecule has 1 fully saturated rings. The van der Waals surface area contributed by atoms with Crippen LogP contribution in [0.2, 0.25) is 0 Å². The molecule has 0 aromatic heterocycles. The lowest BCUT2D eigenvalue weighted by Gasteiger charge is -2.24. The number of benzene rings is 1. The van der Waals surface area contributed by atoms with Crippen molar-refractivity contribution in [1.82, 2.24) is 5.32 Å². The number of ether oxygens (including phenoxy) is 1. The second kappa shape index (κ2) is 7.07. The van der Waals surface area contributed by atoms with Crippen LogP contribution in [0.1, 0.15) is 44.6 Å². The number of halogens is 1. The van der Waals surface area contributed by atoms with Crippen LogP contribution in [0, 0.1) is 17.1 Å². The molecular formula is C16H19FN2O2. The van der Waals surface area contributed by atoms with Crippen molar-refractivity contribution < 1.29 is 13.9 Å². The summed E-state index contributed by atoms with van der Waals surface area (Å²) in [7, 11) is 0. The SMILES string of the molecule is CC(Oc1ccc(C#N)c(F)c1)C(=O)NC1CCCCC1. The lowest BCUT2D eigenvalue weighted by molar-refractivity contribution is -0.128. The topological polar surface area (TPSA) is 62.1 Å². The molecule has 0 spiro atoms. The first kappa shape index (κ1) is 15.3. The van der Waals surface area contributed by atoms with E-state index in [1.165, 1.54) is 18.6 Å². The molecule has 1 aromatic carbocycles. The minimum absolute atomic E-state index is 0.0401. The molecule has 112 valence electrons. The molecule has 4 nitrogen and oxygen atoms in total. The predicted octanol–water partition coefficient (Wildman–Crippen LogP) is 2.91. The zero-order valence-electron chi connectivity index (χ0n) is 12.1. The fraction of sp³-hybridized carbons (Fsp3) is 0.500. The number of nitriles is 1. The maximum atomic E-state index is 13.5. The molecule has 2 rings (SSSR count). The fourth-order valence-corrected chi connectivity index (χ4v) is 2.48. The molecule has 1 aliphatic carbocycles. The zero-order valence-corrected chi connectivity index (χ0v) is 12.1. The second-order valence-corrected chi connectivity index (χ2v) is 5.36. The van der Waals surface area contributed by atoms with E-state index in [1.807, 2.05) is 0 Å². The van der Waals surface area contributed by atoms with Gasteiger partial charge in [-0.1, -0.05) is 19.3 Å². The highest BCUT2D eigenvalue weighted by Crippen LogP contribution is 2.19. The van der Waals surface area contributed by atoms with E-state index in [9.17, 15) is 9.18 Å². The normalized spacial score (nSPS) is 16.8. The van der Waals surface area contributed by atoms with Crippen molar-refractivity contribution in [3.05, 3.63) is 29.6 Å². The minimum atomic E-state index is -0.695. The molecule has 0 aliphatic heterocycles. The van der Waals surface area contributed by atoms with Crippen molar-refractivity contribution >= 4 is 5.91 Å². The molecule has 1 amide bonds. The summed E-state index contributed by atoms with van der Waals surface area (Å²) < 4.78 is 18.9. The number of carbonyl (C=O) groups is 1. The Bertz CT molecular complexity index is 548. The van der Waals surface area contributed by atoms with E-state index in [0.29, 0.717) is 0 Å². The van der Waals surface area contributed by atoms with E-state index in [2.05, 4.69) is 5.32 Å². The lowest BCUT2D eigenvalue weighted by atomic mass is 9.95. The average molecular weight is 290 g/mol. The Kier molecular flexibility index (Phi) is 5.15. The van der Waals surface area contributed by atoms with Crippen molar-refractivity contribution in [1.29, 1.82) is 5.26 Å². The summed E-state index contributed by atoms with van der Waals surface area (Å²) >= 11 is 0. The number of amides is 1. The van der Waals surface area contributed by atoms with Crippen LogP contribution in [0.15, 0.2) is 18.2 Å². The predicted molar refractivity (Wildman–Crippen MR) is 76.2 cm³/mol. The fourth-order valence-electron chi connectivity index (χ4n) is 2.48. The number of rotatable bonds is 4. The van der Waals surface area contributed by atoms with Gasteiger partial charge in [0.25, 0.3) is 5.91 Å². The van der Waals surface area contributed by atoms with Gasteiger partial charge in [-0.05, 0) is 31.9 Å². The summed E-state index contributed by atoms with van der Waals surface area (Å²) in [5, 5.41) is 11.6. The Morgan fingerprint density at radius 3 is 2.76 bits per heavy atom. The van der Waals surface area contributed by atoms with E-state index in [1.54, 1.807) is 13.0 Å². The molecule has 1 N–H and O–H groups in total. The number of hydrogen-bond donors (Lipinski definition) is 1. The smallest absolute Gasteiger partial charge is 0.260 e. The first-order valence-electron chi connectivity index (χ1n) is 7.27. The van der Waals surface area contributed by atoms with Gasteiger partial charge in [0.15, 0.2) is 6.10 Å². The van der Waals surface area contributed by atoms with Gasteiger partial charge in [0.05, 0.1) is 5.56 Å². The number of hydrogen-bond acceptors (Lipinski definition) is 3. The molecule has 0 radical (unpaired) electrons. The second-order valence-electron chi connectivity index (χ2n) is 5.36. The summed E-state index contributed by atoms with van der Waals surface area (Å²) in [5.41, 5.74) is -0.0401. The monoisotopic (exact) mass is 290 g/mol. The quantitative estimate of drug-likeness (QED) is 0.927. The first-order valence-corrected chi connectivity index (χ1v) is 7.27. The van der Waals surface area contributed by atoms with Gasteiger partial charge >= 0.3 is 0 Å². The van der Waals surface area contributed by atoms with Crippen LogP contribution in [0.5, 0.6) is 5.75 Å². The van der Waals surface area contributed by atoms with Gasteiger partial charge < -0.3 is 10.1 Å². The zero-order chi connectivity index (χ0) is 15.2. The molecule has 1 saturated carbocycles. The van der Waals surface area contributed by atoms with Gasteiger partial charge in [-0.3, -0.25) is 4.79 Å². The molecule has 0 bridgehead atoms. The average Bonchev–Trinajstić information content (AvgIpc) is 2.48. The molecule has 1 aliphatic rings. The number of nitrogens with zero attached hydrogens (tertiary/aromatic N) is 1. The maximum absolute atomic E-state index is 13.5. The van der Waals surface area contributed by atoms with Crippen LogP contribution in [-0.4, -0.2) is 18.1 Å². The molecule has 5 heteroatoms. The van der Waals surface area contributed by atoms with Crippen LogP contribution >= 0.6 is 0 Å². The van der Waals surface area contributed by atoms with Gasteiger partial charge in [0, 0.05) is 12.1 Å². The summed E-state index contributed by atoms with van der Waals surface area (Å²) in [6.07, 6.45) is 4.82. The van der Waals surface area contributed by atoms with Gasteiger partial charge in [-0.25, -0.2) is 4.39 Å². The van der Waals surface area contributed by atoms with E-state index >= 15 is 0 Å². The number of carbonyl (C=O) groups excluding carboxylic acids is 1. The summed E-state index contributed by atoms with van der Waals surface area (Å²) in [5.74, 6) is -0.584.